The highest BCUT2D eigenvalue weighted by Crippen LogP contribution is 2.30. The Kier molecular flexibility index (Phi) is 3.87. The van der Waals surface area contributed by atoms with Gasteiger partial charge in [0.25, 0.3) is 0 Å². The van der Waals surface area contributed by atoms with E-state index in [1.165, 1.54) is 6.33 Å². The minimum absolute atomic E-state index is 0.439. The second kappa shape index (κ2) is 6.33. The third-order valence-electron chi connectivity index (χ3n) is 4.20. The molecular weight excluding hydrogens is 312 g/mol. The Bertz CT molecular complexity index is 1010. The highest BCUT2D eigenvalue weighted by Gasteiger charge is 2.16. The third-order valence-corrected chi connectivity index (χ3v) is 4.20. The summed E-state index contributed by atoms with van der Waals surface area (Å²) in [5.41, 5.74) is 16.5. The first kappa shape index (κ1) is 15.3. The Morgan fingerprint density at radius 3 is 2.32 bits per heavy atom. The third kappa shape index (κ3) is 2.83. The molecule has 0 spiro atoms. The highest BCUT2D eigenvalue weighted by molar-refractivity contribution is 5.98. The van der Waals surface area contributed by atoms with Crippen molar-refractivity contribution in [3.8, 4) is 11.3 Å². The van der Waals surface area contributed by atoms with E-state index in [0.29, 0.717) is 18.9 Å². The lowest BCUT2D eigenvalue weighted by molar-refractivity contribution is 0.706. The van der Waals surface area contributed by atoms with Gasteiger partial charge in [0.2, 0.25) is 0 Å². The number of hydrogen-bond donors (Lipinski definition) is 2. The first-order valence-electron chi connectivity index (χ1n) is 8.06. The quantitative estimate of drug-likeness (QED) is 0.599. The molecule has 6 heteroatoms. The zero-order valence-electron chi connectivity index (χ0n) is 13.6. The molecule has 4 N–H and O–H groups in total. The standard InChI is InChI=1S/C19H18N6/c20-10-13-6-8-14(9-7-13)11-25-19-16(18(21)22-12-23-19)17(24-25)15-4-2-1-3-5-15/h1-9,12H,10-11,20H2,(H2,21,22,23). The lowest BCUT2D eigenvalue weighted by Gasteiger charge is -2.04. The molecular formula is C19H18N6. The van der Waals surface area contributed by atoms with Crippen LogP contribution >= 0.6 is 0 Å². The number of benzene rings is 2. The van der Waals surface area contributed by atoms with E-state index in [1.54, 1.807) is 0 Å². The molecule has 0 bridgehead atoms. The van der Waals surface area contributed by atoms with Crippen LogP contribution in [0.4, 0.5) is 5.82 Å². The van der Waals surface area contributed by atoms with Crippen LogP contribution in [0.3, 0.4) is 0 Å². The minimum Gasteiger partial charge on any atom is -0.383 e. The maximum Gasteiger partial charge on any atom is 0.164 e. The number of rotatable bonds is 4. The van der Waals surface area contributed by atoms with E-state index in [2.05, 4.69) is 22.1 Å². The zero-order chi connectivity index (χ0) is 17.2. The maximum atomic E-state index is 6.12. The second-order valence-corrected chi connectivity index (χ2v) is 5.85. The number of hydrogen-bond acceptors (Lipinski definition) is 5. The number of nitrogen functional groups attached to an aromatic ring is 1. The number of nitrogens with two attached hydrogens (primary N) is 2. The largest absolute Gasteiger partial charge is 0.383 e. The van der Waals surface area contributed by atoms with Gasteiger partial charge in [0, 0.05) is 12.1 Å². The molecule has 0 fully saturated rings. The first-order chi connectivity index (χ1) is 12.3. The van der Waals surface area contributed by atoms with Crippen LogP contribution < -0.4 is 11.5 Å². The molecule has 25 heavy (non-hydrogen) atoms. The van der Waals surface area contributed by atoms with Gasteiger partial charge in [-0.25, -0.2) is 14.6 Å². The summed E-state index contributed by atoms with van der Waals surface area (Å²) in [5.74, 6) is 0.439. The fraction of sp³-hybridized carbons (Fsp3) is 0.105. The predicted molar refractivity (Wildman–Crippen MR) is 98.6 cm³/mol. The fourth-order valence-corrected chi connectivity index (χ4v) is 2.89. The lowest BCUT2D eigenvalue weighted by atomic mass is 10.1. The summed E-state index contributed by atoms with van der Waals surface area (Å²) in [6.45, 7) is 1.14. The van der Waals surface area contributed by atoms with Crippen LogP contribution in [-0.2, 0) is 13.1 Å². The summed E-state index contributed by atoms with van der Waals surface area (Å²) in [4.78, 5) is 8.54. The SMILES string of the molecule is NCc1ccc(Cn2nc(-c3ccccc3)c3c(N)ncnc32)cc1. The van der Waals surface area contributed by atoms with Gasteiger partial charge in [-0.15, -0.1) is 0 Å². The van der Waals surface area contributed by atoms with Crippen LogP contribution in [0.2, 0.25) is 0 Å². The molecule has 4 rings (SSSR count). The molecule has 2 aromatic heterocycles. The molecule has 2 heterocycles. The van der Waals surface area contributed by atoms with E-state index < -0.39 is 0 Å². The molecule has 0 aliphatic heterocycles. The Labute approximate surface area is 145 Å². The summed E-state index contributed by atoms with van der Waals surface area (Å²) in [7, 11) is 0. The normalized spacial score (nSPS) is 11.1. The van der Waals surface area contributed by atoms with E-state index in [4.69, 9.17) is 16.6 Å². The van der Waals surface area contributed by atoms with Crippen molar-refractivity contribution in [1.29, 1.82) is 0 Å². The van der Waals surface area contributed by atoms with Crippen LogP contribution in [0.25, 0.3) is 22.3 Å². The van der Waals surface area contributed by atoms with Crippen molar-refractivity contribution in [2.75, 3.05) is 5.73 Å². The number of anilines is 1. The van der Waals surface area contributed by atoms with Crippen molar-refractivity contribution in [2.45, 2.75) is 13.1 Å². The highest BCUT2D eigenvalue weighted by atomic mass is 15.3. The van der Waals surface area contributed by atoms with Gasteiger partial charge in [-0.05, 0) is 11.1 Å². The van der Waals surface area contributed by atoms with Gasteiger partial charge in [0.1, 0.15) is 17.8 Å². The Hall–Kier alpha value is -3.25. The Morgan fingerprint density at radius 2 is 1.60 bits per heavy atom. The number of fused-ring (bicyclic) bond motifs is 1. The smallest absolute Gasteiger partial charge is 0.164 e. The average Bonchev–Trinajstić information content (AvgIpc) is 3.03. The molecule has 0 aliphatic carbocycles. The van der Waals surface area contributed by atoms with Gasteiger partial charge in [0.05, 0.1) is 11.9 Å². The summed E-state index contributed by atoms with van der Waals surface area (Å²) < 4.78 is 1.87. The zero-order valence-corrected chi connectivity index (χ0v) is 13.6. The summed E-state index contributed by atoms with van der Waals surface area (Å²) in [6.07, 6.45) is 1.47. The van der Waals surface area contributed by atoms with Crippen LogP contribution in [-0.4, -0.2) is 19.7 Å². The van der Waals surface area contributed by atoms with Crippen molar-refractivity contribution in [3.63, 3.8) is 0 Å². The van der Waals surface area contributed by atoms with Gasteiger partial charge in [0.15, 0.2) is 5.65 Å². The molecule has 0 amide bonds. The van der Waals surface area contributed by atoms with Gasteiger partial charge in [-0.1, -0.05) is 54.6 Å². The Balaban J connectivity index is 1.83. The van der Waals surface area contributed by atoms with Crippen LogP contribution in [0.1, 0.15) is 11.1 Å². The number of aromatic nitrogens is 4. The summed E-state index contributed by atoms with van der Waals surface area (Å²) in [6, 6.07) is 18.1. The second-order valence-electron chi connectivity index (χ2n) is 5.85. The van der Waals surface area contributed by atoms with Crippen LogP contribution in [0.5, 0.6) is 0 Å². The van der Waals surface area contributed by atoms with Crippen LogP contribution in [0, 0.1) is 0 Å². The molecule has 0 saturated heterocycles. The molecule has 0 aliphatic rings. The van der Waals surface area contributed by atoms with Crippen molar-refractivity contribution in [2.24, 2.45) is 5.73 Å². The Morgan fingerprint density at radius 1 is 0.880 bits per heavy atom. The molecule has 0 unspecified atom stereocenters. The van der Waals surface area contributed by atoms with E-state index >= 15 is 0 Å². The van der Waals surface area contributed by atoms with E-state index in [9.17, 15) is 0 Å². The molecule has 0 radical (unpaired) electrons. The van der Waals surface area contributed by atoms with E-state index in [-0.39, 0.29) is 0 Å². The predicted octanol–water partition coefficient (Wildman–Crippen LogP) is 2.58. The molecule has 6 nitrogen and oxygen atoms in total. The van der Waals surface area contributed by atoms with Crippen LogP contribution in [0.15, 0.2) is 60.9 Å². The summed E-state index contributed by atoms with van der Waals surface area (Å²) >= 11 is 0. The van der Waals surface area contributed by atoms with Gasteiger partial charge >= 0.3 is 0 Å². The van der Waals surface area contributed by atoms with Crippen molar-refractivity contribution in [3.05, 3.63) is 72.1 Å². The molecule has 124 valence electrons. The van der Waals surface area contributed by atoms with Crippen molar-refractivity contribution >= 4 is 16.9 Å². The first-order valence-corrected chi connectivity index (χ1v) is 8.06. The summed E-state index contributed by atoms with van der Waals surface area (Å²) in [5, 5.41) is 5.55. The van der Waals surface area contributed by atoms with E-state index in [0.717, 1.165) is 33.4 Å². The van der Waals surface area contributed by atoms with Crippen molar-refractivity contribution < 1.29 is 0 Å². The number of nitrogens with zero attached hydrogens (tertiary/aromatic N) is 4. The molecule has 0 atom stereocenters. The monoisotopic (exact) mass is 330 g/mol. The van der Waals surface area contributed by atoms with E-state index in [1.807, 2.05) is 47.1 Å². The minimum atomic E-state index is 0.439. The van der Waals surface area contributed by atoms with Gasteiger partial charge in [-0.3, -0.25) is 0 Å². The lowest BCUT2D eigenvalue weighted by Crippen LogP contribution is -2.04. The van der Waals surface area contributed by atoms with Gasteiger partial charge in [-0.2, -0.15) is 5.10 Å². The van der Waals surface area contributed by atoms with Crippen molar-refractivity contribution in [1.82, 2.24) is 19.7 Å². The molecule has 0 saturated carbocycles. The van der Waals surface area contributed by atoms with Gasteiger partial charge < -0.3 is 11.5 Å². The molecule has 2 aromatic carbocycles. The maximum absolute atomic E-state index is 6.12. The average molecular weight is 330 g/mol. The topological polar surface area (TPSA) is 95.6 Å². The molecule has 4 aromatic rings. The fourth-order valence-electron chi connectivity index (χ4n) is 2.89.